The molecule has 0 aliphatic heterocycles. The first-order valence-electron chi connectivity index (χ1n) is 4.00. The molecule has 19 heteroatoms. The molecule has 0 aliphatic rings. The Balaban J connectivity index is -0.000000540. The van der Waals surface area contributed by atoms with Crippen LogP contribution in [0.3, 0.4) is 0 Å². The number of rotatable bonds is 8. The maximum Gasteiger partial charge on any atom is 1.00 e. The Morgan fingerprint density at radius 1 is 0.818 bits per heavy atom. The van der Waals surface area contributed by atoms with Gasteiger partial charge in [0.25, 0.3) is 0 Å². The number of aliphatic hydroxyl groups is 1. The summed E-state index contributed by atoms with van der Waals surface area (Å²) in [5.74, 6) is 0. The topological polar surface area (TPSA) is 210 Å². The van der Waals surface area contributed by atoms with Gasteiger partial charge in [0.1, 0.15) is 6.73 Å². The molecule has 22 heavy (non-hydrogen) atoms. The zero-order valence-corrected chi connectivity index (χ0v) is 23.7. The van der Waals surface area contributed by atoms with Gasteiger partial charge in [-0.2, -0.15) is 8.61 Å². The van der Waals surface area contributed by atoms with E-state index in [1.54, 1.807) is 0 Å². The maximum absolute atomic E-state index is 10.7. The van der Waals surface area contributed by atoms with E-state index in [0.29, 0.717) is 0 Å². The quantitative estimate of drug-likeness (QED) is 0.199. The second-order valence-electron chi connectivity index (χ2n) is 2.86. The number of hydrogen-bond acceptors (Lipinski definition) is 10. The van der Waals surface area contributed by atoms with Crippen LogP contribution in [-0.2, 0) is 30.9 Å². The summed E-state index contributed by atoms with van der Waals surface area (Å²) < 4.78 is 94.3. The predicted octanol–water partition coefficient (Wildman–Crippen LogP) is -13.6. The van der Waals surface area contributed by atoms with Crippen LogP contribution in [0.25, 0.3) is 0 Å². The Labute approximate surface area is 255 Å². The molecule has 0 heterocycles. The summed E-state index contributed by atoms with van der Waals surface area (Å²) in [5, 5.41) is 8.53. The summed E-state index contributed by atoms with van der Waals surface area (Å²) in [6, 6.07) is 0. The van der Waals surface area contributed by atoms with E-state index in [-0.39, 0.29) is 158 Å². The van der Waals surface area contributed by atoms with Gasteiger partial charge in [-0.3, -0.25) is 0 Å². The average molecular weight is 460 g/mol. The molecule has 0 saturated carbocycles. The monoisotopic (exact) mass is 459 g/mol. The Morgan fingerprint density at radius 3 is 1.41 bits per heavy atom. The molecule has 0 radical (unpaired) electrons. The Morgan fingerprint density at radius 2 is 1.18 bits per heavy atom. The van der Waals surface area contributed by atoms with Crippen molar-refractivity contribution < 1.29 is 198 Å². The second-order valence-corrected chi connectivity index (χ2v) is 6.80. The van der Waals surface area contributed by atoms with Crippen molar-refractivity contribution in [2.75, 3.05) is 20.1 Å². The van der Waals surface area contributed by atoms with Crippen LogP contribution in [0.2, 0.25) is 0 Å². The van der Waals surface area contributed by atoms with Crippen molar-refractivity contribution in [3.05, 3.63) is 0 Å². The molecule has 0 aliphatic carbocycles. The molecule has 0 unspecified atom stereocenters. The van der Waals surface area contributed by atoms with E-state index in [1.165, 1.54) is 0 Å². The first-order valence-corrected chi connectivity index (χ1v) is 8.14. The third-order valence-corrected chi connectivity index (χ3v) is 3.75. The average Bonchev–Trinajstić information content (AvgIpc) is 2.11. The molecule has 13 nitrogen and oxygen atoms in total. The van der Waals surface area contributed by atoms with Crippen molar-refractivity contribution in [1.29, 1.82) is 0 Å². The number of nitrogens with one attached hydrogen (secondary N) is 1. The van der Waals surface area contributed by atoms with Crippen LogP contribution in [0, 0.1) is 0 Å². The molecule has 0 aromatic rings. The fourth-order valence-corrected chi connectivity index (χ4v) is 2.11. The van der Waals surface area contributed by atoms with E-state index >= 15 is 0 Å². The summed E-state index contributed by atoms with van der Waals surface area (Å²) in [4.78, 5) is 0. The van der Waals surface area contributed by atoms with Crippen LogP contribution in [-0.4, -0.2) is 72.7 Å². The smallest absolute Gasteiger partial charge is 0.735 e. The Hall–Kier alpha value is 4.48. The van der Waals surface area contributed by atoms with Gasteiger partial charge in [-0.05, 0) is 0 Å². The Bertz CT molecular complexity index is 604. The molecule has 0 fully saturated rings. The first kappa shape index (κ1) is 34.0. The SMILES string of the molecule is O=S(=O)([O-])NCN(CN(CO)S(=O)(=O)[O-])S(=O)(=O)[O-].[K+].[K+].[K+]. The minimum atomic E-state index is -5.39. The molecule has 0 rings (SSSR count). The van der Waals surface area contributed by atoms with Crippen molar-refractivity contribution >= 4 is 30.9 Å². The number of hydrogen-bond donors (Lipinski definition) is 2. The minimum Gasteiger partial charge on any atom is -0.735 e. The molecule has 2 N–H and O–H groups in total. The number of nitrogens with zero attached hydrogens (tertiary/aromatic N) is 2. The van der Waals surface area contributed by atoms with E-state index in [2.05, 4.69) is 0 Å². The van der Waals surface area contributed by atoms with Gasteiger partial charge in [0.05, 0.1) is 13.3 Å². The van der Waals surface area contributed by atoms with E-state index in [0.717, 1.165) is 4.72 Å². The zero-order valence-electron chi connectivity index (χ0n) is 11.9. The standard InChI is InChI=1S/C3H11N3O10S3.3K/c7-3-6(19(14,15)16)2-5(18(11,12)13)1-4-17(8,9)10;;;/h4,7H,1-3H2,(H,8,9,10)(H,11,12,13)(H,14,15,16);;;/q;3*+1/p-3. The summed E-state index contributed by atoms with van der Waals surface area (Å²) in [5.41, 5.74) is 0. The van der Waals surface area contributed by atoms with Gasteiger partial charge in [-0.25, -0.2) is 30.0 Å². The van der Waals surface area contributed by atoms with Crippen molar-refractivity contribution in [2.24, 2.45) is 0 Å². The molecule has 0 amide bonds. The van der Waals surface area contributed by atoms with Crippen molar-refractivity contribution in [1.82, 2.24) is 13.3 Å². The second kappa shape index (κ2) is 14.5. The van der Waals surface area contributed by atoms with E-state index in [4.69, 9.17) is 5.11 Å². The largest absolute Gasteiger partial charge is 1.00 e. The van der Waals surface area contributed by atoms with Crippen molar-refractivity contribution in [3.63, 3.8) is 0 Å². The van der Waals surface area contributed by atoms with Crippen molar-refractivity contribution in [2.45, 2.75) is 0 Å². The van der Waals surface area contributed by atoms with Gasteiger partial charge in [-0.15, -0.1) is 0 Å². The van der Waals surface area contributed by atoms with Gasteiger partial charge >= 0.3 is 154 Å². The van der Waals surface area contributed by atoms with E-state index < -0.39 is 55.3 Å². The van der Waals surface area contributed by atoms with Crippen molar-refractivity contribution in [3.8, 4) is 0 Å². The van der Waals surface area contributed by atoms with Crippen LogP contribution in [0.15, 0.2) is 0 Å². The minimum absolute atomic E-state index is 0. The van der Waals surface area contributed by atoms with Crippen LogP contribution in [0.5, 0.6) is 0 Å². The van der Waals surface area contributed by atoms with Gasteiger partial charge in [0.2, 0.25) is 0 Å². The fourth-order valence-electron chi connectivity index (χ4n) is 0.713. The van der Waals surface area contributed by atoms with Crippen LogP contribution < -0.4 is 159 Å². The molecular formula is C3H8K3N3O10S3. The summed E-state index contributed by atoms with van der Waals surface area (Å²) in [6.45, 7) is -4.32. The van der Waals surface area contributed by atoms with E-state index in [1.807, 2.05) is 0 Å². The molecule has 0 aromatic carbocycles. The summed E-state index contributed by atoms with van der Waals surface area (Å²) in [7, 11) is -15.8. The van der Waals surface area contributed by atoms with Crippen LogP contribution in [0.4, 0.5) is 0 Å². The first-order chi connectivity index (χ1) is 8.27. The predicted molar refractivity (Wildman–Crippen MR) is 52.7 cm³/mol. The third-order valence-electron chi connectivity index (χ3n) is 1.52. The summed E-state index contributed by atoms with van der Waals surface area (Å²) >= 11 is 0. The molecule has 0 spiro atoms. The fraction of sp³-hybridized carbons (Fsp3) is 1.00. The van der Waals surface area contributed by atoms with Gasteiger partial charge < -0.3 is 18.8 Å². The molecular weight excluding hydrogens is 452 g/mol. The Kier molecular flexibility index (Phi) is 22.4. The molecule has 116 valence electrons. The summed E-state index contributed by atoms with van der Waals surface area (Å²) in [6.07, 6.45) is 0. The molecule has 0 aromatic heterocycles. The normalized spacial score (nSPS) is 12.3. The van der Waals surface area contributed by atoms with Gasteiger partial charge in [-0.1, -0.05) is 0 Å². The molecule has 0 atom stereocenters. The number of aliphatic hydroxyl groups excluding tert-OH is 1. The van der Waals surface area contributed by atoms with Crippen LogP contribution >= 0.6 is 0 Å². The molecule has 0 saturated heterocycles. The molecule has 0 bridgehead atoms. The van der Waals surface area contributed by atoms with Crippen LogP contribution in [0.1, 0.15) is 0 Å². The van der Waals surface area contributed by atoms with E-state index in [9.17, 15) is 38.9 Å². The van der Waals surface area contributed by atoms with Gasteiger partial charge in [0, 0.05) is 0 Å². The zero-order chi connectivity index (χ0) is 15.5. The third kappa shape index (κ3) is 16.6. The van der Waals surface area contributed by atoms with Gasteiger partial charge in [0.15, 0.2) is 30.9 Å². The maximum atomic E-state index is 10.7.